The molecular formula is C49H69N11O12S. The van der Waals surface area contributed by atoms with E-state index in [4.69, 9.17) is 0 Å². The largest absolute Gasteiger partial charge is 0.481 e. The third-order valence-corrected chi connectivity index (χ3v) is 13.8. The zero-order valence-corrected chi connectivity index (χ0v) is 43.5. The number of Topliss-reactive ketones (excluding diaryl/α,β-unsaturated/α-hetero) is 1. The Morgan fingerprint density at radius 3 is 2.00 bits per heavy atom. The highest BCUT2D eigenvalue weighted by Crippen LogP contribution is 2.35. The first-order chi connectivity index (χ1) is 34.2. The van der Waals surface area contributed by atoms with Crippen LogP contribution in [0, 0.1) is 34.5 Å². The van der Waals surface area contributed by atoms with Crippen LogP contribution in [0.5, 0.6) is 0 Å². The van der Waals surface area contributed by atoms with Crippen LogP contribution in [-0.2, 0) is 40.1 Å². The van der Waals surface area contributed by atoms with Crippen LogP contribution in [0.4, 0.5) is 16.4 Å². The maximum atomic E-state index is 13.0. The summed E-state index contributed by atoms with van der Waals surface area (Å²) in [4.78, 5) is 135. The standard InChI is InChI=1S/C28H33N7O7.C21H36N4O5S/c1-14(36)6-11-19(37)32-23(38)16-7-9-17(10-8-16)29-12-18-13-30-22-21(31-18)25(40)35-27(33-22)34-24(39)20(28(3,4)5)15(2)26(41)42;1-12(19(28)29)16(21(2,3)4)18(27)23-10-9-22-15(26)8-6-5-7-14-17-13(11-31-14)24-20(30)25-17/h7-10,13,15,20,29H,6,11-12H2,1-5H3,(H,41,42)(H,32,37,38)(H2,30,33,34,35,39,40);12-14,16-17H,5-11H2,1-4H3,(H,22,26)(H,23,27)(H,28,29)(H2,24,25,30). The zero-order valence-electron chi connectivity index (χ0n) is 42.7. The molecule has 0 bridgehead atoms. The number of aliphatic carboxylic acids is 2. The number of aromatic amines is 1. The van der Waals surface area contributed by atoms with Gasteiger partial charge in [0.2, 0.25) is 29.6 Å². The minimum Gasteiger partial charge on any atom is -0.481 e. The van der Waals surface area contributed by atoms with Crippen LogP contribution in [-0.4, -0.2) is 120 Å². The number of thioether (sulfide) groups is 1. The molecule has 0 radical (unpaired) electrons. The van der Waals surface area contributed by atoms with Gasteiger partial charge in [-0.05, 0) is 54.9 Å². The lowest BCUT2D eigenvalue weighted by Crippen LogP contribution is -2.45. The molecule has 0 aliphatic carbocycles. The molecular weight excluding hydrogens is 967 g/mol. The second kappa shape index (κ2) is 26.1. The number of aromatic nitrogens is 4. The molecule has 10 N–H and O–H groups in total. The minimum atomic E-state index is -1.12. The van der Waals surface area contributed by atoms with E-state index in [0.717, 1.165) is 25.0 Å². The molecule has 2 fully saturated rings. The number of hydrogen-bond acceptors (Lipinski definition) is 15. The van der Waals surface area contributed by atoms with Gasteiger partial charge in [0.25, 0.3) is 11.5 Å². The summed E-state index contributed by atoms with van der Waals surface area (Å²) in [5.41, 5.74) is -0.572. The monoisotopic (exact) mass is 1040 g/mol. The fraction of sp³-hybridized carbons (Fsp3) is 0.571. The summed E-state index contributed by atoms with van der Waals surface area (Å²) in [5.74, 6) is -6.92. The van der Waals surface area contributed by atoms with Crippen LogP contribution in [0.15, 0.2) is 35.3 Å². The number of amides is 7. The molecule has 0 saturated carbocycles. The molecule has 7 unspecified atom stereocenters. The first kappa shape index (κ1) is 58.6. The highest BCUT2D eigenvalue weighted by Gasteiger charge is 2.43. The van der Waals surface area contributed by atoms with Gasteiger partial charge in [-0.1, -0.05) is 61.8 Å². The van der Waals surface area contributed by atoms with Gasteiger partial charge >= 0.3 is 18.0 Å². The number of fused-ring (bicyclic) bond motifs is 2. The van der Waals surface area contributed by atoms with Crippen molar-refractivity contribution in [3.63, 3.8) is 0 Å². The Labute approximate surface area is 427 Å². The van der Waals surface area contributed by atoms with Crippen LogP contribution in [0.25, 0.3) is 11.2 Å². The highest BCUT2D eigenvalue weighted by molar-refractivity contribution is 8.00. The zero-order chi connectivity index (χ0) is 54.4. The molecule has 73 heavy (non-hydrogen) atoms. The molecule has 24 heteroatoms. The van der Waals surface area contributed by atoms with E-state index in [1.54, 1.807) is 39.8 Å². The minimum absolute atomic E-state index is 0.00962. The van der Waals surface area contributed by atoms with Gasteiger partial charge in [0, 0.05) is 54.6 Å². The van der Waals surface area contributed by atoms with Gasteiger partial charge < -0.3 is 41.6 Å². The van der Waals surface area contributed by atoms with Crippen molar-refractivity contribution in [2.45, 2.75) is 125 Å². The average molecular weight is 1040 g/mol. The number of carboxylic acid groups (broad SMARTS) is 2. The number of nitrogens with one attached hydrogen (secondary N) is 8. The van der Waals surface area contributed by atoms with Gasteiger partial charge in [-0.25, -0.2) is 14.8 Å². The summed E-state index contributed by atoms with van der Waals surface area (Å²) in [5, 5.41) is 38.4. The Bertz CT molecular complexity index is 2580. The lowest BCUT2D eigenvalue weighted by atomic mass is 9.73. The number of ketones is 1. The molecule has 23 nitrogen and oxygen atoms in total. The molecule has 2 aromatic heterocycles. The Balaban J connectivity index is 0.000000332. The molecule has 3 aromatic rings. The molecule has 2 aliphatic rings. The molecule has 1 aromatic carbocycles. The number of urea groups is 1. The number of rotatable bonds is 22. The van der Waals surface area contributed by atoms with Crippen LogP contribution >= 0.6 is 11.8 Å². The smallest absolute Gasteiger partial charge is 0.315 e. The molecule has 7 atom stereocenters. The molecule has 0 spiro atoms. The summed E-state index contributed by atoms with van der Waals surface area (Å²) in [6, 6.07) is 6.62. The van der Waals surface area contributed by atoms with Crippen molar-refractivity contribution < 1.29 is 53.4 Å². The fourth-order valence-electron chi connectivity index (χ4n) is 8.66. The second-order valence-corrected chi connectivity index (χ2v) is 21.7. The predicted molar refractivity (Wildman–Crippen MR) is 272 cm³/mol. The van der Waals surface area contributed by atoms with E-state index in [1.165, 1.54) is 32.2 Å². The average Bonchev–Trinajstić information content (AvgIpc) is 3.86. The van der Waals surface area contributed by atoms with Gasteiger partial charge in [-0.2, -0.15) is 16.7 Å². The van der Waals surface area contributed by atoms with Crippen LogP contribution in [0.3, 0.4) is 0 Å². The lowest BCUT2D eigenvalue weighted by Gasteiger charge is -2.32. The Hall–Kier alpha value is -6.98. The van der Waals surface area contributed by atoms with Gasteiger partial charge in [0.05, 0.1) is 54.2 Å². The van der Waals surface area contributed by atoms with Crippen molar-refractivity contribution in [2.24, 2.45) is 34.5 Å². The number of carbonyl (C=O) groups is 9. The van der Waals surface area contributed by atoms with E-state index in [1.807, 2.05) is 32.5 Å². The summed E-state index contributed by atoms with van der Waals surface area (Å²) in [7, 11) is 0. The number of hydrogen-bond donors (Lipinski definition) is 10. The maximum absolute atomic E-state index is 13.0. The number of H-pyrrole nitrogens is 1. The third kappa shape index (κ3) is 17.6. The third-order valence-electron chi connectivity index (χ3n) is 12.3. The van der Waals surface area contributed by atoms with E-state index < -0.39 is 69.7 Å². The van der Waals surface area contributed by atoms with Crippen LogP contribution in [0.1, 0.15) is 117 Å². The van der Waals surface area contributed by atoms with Crippen molar-refractivity contribution in [3.05, 3.63) is 52.1 Å². The molecule has 7 amide bonds. The summed E-state index contributed by atoms with van der Waals surface area (Å²) in [6.07, 6.45) is 4.48. The summed E-state index contributed by atoms with van der Waals surface area (Å²) >= 11 is 1.87. The maximum Gasteiger partial charge on any atom is 0.315 e. The van der Waals surface area contributed by atoms with Crippen molar-refractivity contribution >= 4 is 87.9 Å². The normalized spacial score (nSPS) is 17.7. The van der Waals surface area contributed by atoms with Gasteiger partial charge in [0.1, 0.15) is 5.78 Å². The number of benzene rings is 1. The van der Waals surface area contributed by atoms with E-state index in [-0.39, 0.29) is 84.3 Å². The predicted octanol–water partition coefficient (Wildman–Crippen LogP) is 3.60. The molecule has 4 heterocycles. The SMILES string of the molecule is CC(=O)CCC(=O)NC(=O)c1ccc(NCc2cnc3nc(NC(=O)C(C(C)C(=O)O)C(C)(C)C)[nH]c(=O)c3n2)cc1.CC(C(=O)O)C(C(=O)NCCNC(=O)CCCCC1SCC2NC(=O)NC21)C(C)(C)C. The molecule has 2 aliphatic heterocycles. The van der Waals surface area contributed by atoms with Crippen molar-refractivity contribution in [3.8, 4) is 0 Å². The van der Waals surface area contributed by atoms with E-state index in [0.29, 0.717) is 29.6 Å². The molecule has 398 valence electrons. The summed E-state index contributed by atoms with van der Waals surface area (Å²) in [6.45, 7) is 15.9. The quantitative estimate of drug-likeness (QED) is 0.0508. The van der Waals surface area contributed by atoms with Crippen molar-refractivity contribution in [1.29, 1.82) is 0 Å². The Kier molecular flexibility index (Phi) is 21.0. The van der Waals surface area contributed by atoms with Gasteiger partial charge in [0.15, 0.2) is 11.2 Å². The van der Waals surface area contributed by atoms with Crippen LogP contribution < -0.4 is 42.8 Å². The van der Waals surface area contributed by atoms with Crippen molar-refractivity contribution in [2.75, 3.05) is 29.5 Å². The van der Waals surface area contributed by atoms with E-state index in [2.05, 4.69) is 57.2 Å². The second-order valence-electron chi connectivity index (χ2n) is 20.4. The first-order valence-electron chi connectivity index (χ1n) is 24.1. The lowest BCUT2D eigenvalue weighted by molar-refractivity contribution is -0.149. The topological polar surface area (TPSA) is 350 Å². The Morgan fingerprint density at radius 2 is 1.40 bits per heavy atom. The molecule has 5 rings (SSSR count). The number of nitrogens with zero attached hydrogens (tertiary/aromatic N) is 3. The first-order valence-corrected chi connectivity index (χ1v) is 25.1. The Morgan fingerprint density at radius 1 is 0.781 bits per heavy atom. The highest BCUT2D eigenvalue weighted by atomic mass is 32.2. The summed E-state index contributed by atoms with van der Waals surface area (Å²) < 4.78 is 0. The van der Waals surface area contributed by atoms with Crippen molar-refractivity contribution in [1.82, 2.24) is 46.5 Å². The number of carboxylic acids is 2. The van der Waals surface area contributed by atoms with E-state index in [9.17, 15) is 58.2 Å². The number of imide groups is 1. The number of anilines is 2. The van der Waals surface area contributed by atoms with Gasteiger partial charge in [-0.3, -0.25) is 54.0 Å². The van der Waals surface area contributed by atoms with Gasteiger partial charge in [-0.15, -0.1) is 0 Å². The fourth-order valence-corrected chi connectivity index (χ4v) is 10.2. The number of carbonyl (C=O) groups excluding carboxylic acids is 7. The number of unbranched alkanes of at least 4 members (excludes halogenated alkanes) is 1. The molecule has 2 saturated heterocycles. The van der Waals surface area contributed by atoms with Crippen LogP contribution in [0.2, 0.25) is 0 Å². The van der Waals surface area contributed by atoms with E-state index >= 15 is 0 Å².